The highest BCUT2D eigenvalue weighted by Crippen LogP contribution is 2.23. The molecule has 1 amide bonds. The van der Waals surface area contributed by atoms with Gasteiger partial charge in [-0.1, -0.05) is 30.3 Å². The first-order valence-corrected chi connectivity index (χ1v) is 11.2. The molecule has 3 aromatic rings. The first-order valence-electron chi connectivity index (χ1n) is 11.2. The zero-order valence-corrected chi connectivity index (χ0v) is 18.9. The number of hydrogen-bond donors (Lipinski definition) is 1. The van der Waals surface area contributed by atoms with Gasteiger partial charge in [0, 0.05) is 37.7 Å². The van der Waals surface area contributed by atoms with E-state index in [-0.39, 0.29) is 13.2 Å². The SMILES string of the molecule is Cc1c(Cn2ccnc2CN2CCOCC2)cccc1OCCOC(=O)Nc1ccccc1. The van der Waals surface area contributed by atoms with Crippen molar-refractivity contribution in [2.75, 3.05) is 44.8 Å². The maximum absolute atomic E-state index is 11.9. The summed E-state index contributed by atoms with van der Waals surface area (Å²) >= 11 is 0. The molecule has 8 heteroatoms. The van der Waals surface area contributed by atoms with Crippen LogP contribution in [0.4, 0.5) is 10.5 Å². The van der Waals surface area contributed by atoms with Gasteiger partial charge in [0.15, 0.2) is 0 Å². The van der Waals surface area contributed by atoms with Crippen molar-refractivity contribution in [3.05, 3.63) is 77.9 Å². The molecule has 1 aliphatic rings. The van der Waals surface area contributed by atoms with Crippen LogP contribution in [0.2, 0.25) is 0 Å². The molecule has 1 saturated heterocycles. The van der Waals surface area contributed by atoms with Gasteiger partial charge in [-0.15, -0.1) is 0 Å². The fraction of sp³-hybridized carbons (Fsp3) is 0.360. The molecule has 0 unspecified atom stereocenters. The van der Waals surface area contributed by atoms with E-state index in [9.17, 15) is 4.79 Å². The molecular formula is C25H30N4O4. The average molecular weight is 451 g/mol. The van der Waals surface area contributed by atoms with Crippen molar-refractivity contribution >= 4 is 11.8 Å². The van der Waals surface area contributed by atoms with Gasteiger partial charge in [-0.25, -0.2) is 9.78 Å². The van der Waals surface area contributed by atoms with Gasteiger partial charge >= 0.3 is 6.09 Å². The molecule has 1 fully saturated rings. The fourth-order valence-corrected chi connectivity index (χ4v) is 3.73. The zero-order chi connectivity index (χ0) is 22.9. The number of nitrogens with one attached hydrogen (secondary N) is 1. The first-order chi connectivity index (χ1) is 16.2. The van der Waals surface area contributed by atoms with Gasteiger partial charge in [0.25, 0.3) is 0 Å². The highest BCUT2D eigenvalue weighted by Gasteiger charge is 2.15. The van der Waals surface area contributed by atoms with Crippen molar-refractivity contribution in [1.29, 1.82) is 0 Å². The predicted octanol–water partition coefficient (Wildman–Crippen LogP) is 3.70. The summed E-state index contributed by atoms with van der Waals surface area (Å²) in [6.45, 7) is 7.43. The van der Waals surface area contributed by atoms with E-state index in [0.717, 1.165) is 62.1 Å². The zero-order valence-electron chi connectivity index (χ0n) is 18.9. The Labute approximate surface area is 194 Å². The normalized spacial score (nSPS) is 14.1. The van der Waals surface area contributed by atoms with Crippen molar-refractivity contribution in [2.45, 2.75) is 20.0 Å². The number of nitrogens with zero attached hydrogens (tertiary/aromatic N) is 3. The molecule has 1 N–H and O–H groups in total. The molecule has 8 nitrogen and oxygen atoms in total. The molecule has 0 spiro atoms. The average Bonchev–Trinajstić information content (AvgIpc) is 3.26. The van der Waals surface area contributed by atoms with E-state index in [1.807, 2.05) is 49.6 Å². The Kier molecular flexibility index (Phi) is 7.94. The molecule has 4 rings (SSSR count). The number of aromatic nitrogens is 2. The Bertz CT molecular complexity index is 1030. The standard InChI is InChI=1S/C25H30N4O4/c1-20-21(18-29-11-10-26-24(29)19-28-12-14-31-15-13-28)6-5-9-23(20)32-16-17-33-25(30)27-22-7-3-2-4-8-22/h2-11H,12-19H2,1H3,(H,27,30). The van der Waals surface area contributed by atoms with Crippen LogP contribution in [0.5, 0.6) is 5.75 Å². The second kappa shape index (κ2) is 11.5. The molecule has 2 aromatic carbocycles. The minimum absolute atomic E-state index is 0.160. The summed E-state index contributed by atoms with van der Waals surface area (Å²) in [5, 5.41) is 2.68. The number of rotatable bonds is 9. The van der Waals surface area contributed by atoms with Crippen molar-refractivity contribution < 1.29 is 19.0 Å². The Morgan fingerprint density at radius 1 is 1.06 bits per heavy atom. The lowest BCUT2D eigenvalue weighted by Crippen LogP contribution is -2.36. The molecule has 174 valence electrons. The molecule has 0 radical (unpaired) electrons. The molecular weight excluding hydrogens is 420 g/mol. The van der Waals surface area contributed by atoms with Gasteiger partial charge in [0.2, 0.25) is 0 Å². The van der Waals surface area contributed by atoms with Crippen molar-refractivity contribution in [3.63, 3.8) is 0 Å². The van der Waals surface area contributed by atoms with Gasteiger partial charge in [-0.2, -0.15) is 0 Å². The number of carbonyl (C=O) groups excluding carboxylic acids is 1. The van der Waals surface area contributed by atoms with Gasteiger partial charge in [-0.05, 0) is 36.2 Å². The molecule has 33 heavy (non-hydrogen) atoms. The van der Waals surface area contributed by atoms with Crippen molar-refractivity contribution in [2.24, 2.45) is 0 Å². The van der Waals surface area contributed by atoms with Crippen molar-refractivity contribution in [1.82, 2.24) is 14.5 Å². The Hall–Kier alpha value is -3.36. The number of ether oxygens (including phenoxy) is 3. The lowest BCUT2D eigenvalue weighted by molar-refractivity contribution is 0.0326. The van der Waals surface area contributed by atoms with E-state index in [4.69, 9.17) is 14.2 Å². The number of anilines is 1. The molecule has 1 aromatic heterocycles. The Morgan fingerprint density at radius 2 is 1.88 bits per heavy atom. The number of hydrogen-bond acceptors (Lipinski definition) is 6. The van der Waals surface area contributed by atoms with E-state index >= 15 is 0 Å². The highest BCUT2D eigenvalue weighted by molar-refractivity contribution is 5.84. The van der Waals surface area contributed by atoms with Crippen LogP contribution in [0.25, 0.3) is 0 Å². The second-order valence-electron chi connectivity index (χ2n) is 7.88. The Morgan fingerprint density at radius 3 is 2.70 bits per heavy atom. The van der Waals surface area contributed by atoms with E-state index < -0.39 is 6.09 Å². The summed E-state index contributed by atoms with van der Waals surface area (Å²) in [7, 11) is 0. The quantitative estimate of drug-likeness (QED) is 0.501. The van der Waals surface area contributed by atoms with Gasteiger partial charge in [0.05, 0.1) is 19.8 Å². The van der Waals surface area contributed by atoms with Crippen LogP contribution in [-0.2, 0) is 22.6 Å². The maximum Gasteiger partial charge on any atom is 0.411 e. The van der Waals surface area contributed by atoms with Crippen LogP contribution in [-0.4, -0.2) is 60.1 Å². The third kappa shape index (κ3) is 6.57. The van der Waals surface area contributed by atoms with Crippen LogP contribution >= 0.6 is 0 Å². The largest absolute Gasteiger partial charge is 0.490 e. The number of amides is 1. The topological polar surface area (TPSA) is 77.8 Å². The lowest BCUT2D eigenvalue weighted by Gasteiger charge is -2.26. The van der Waals surface area contributed by atoms with Gasteiger partial charge < -0.3 is 18.8 Å². The monoisotopic (exact) mass is 450 g/mol. The van der Waals surface area contributed by atoms with Gasteiger partial charge in [0.1, 0.15) is 24.8 Å². The number of carbonyl (C=O) groups is 1. The summed E-state index contributed by atoms with van der Waals surface area (Å²) < 4.78 is 18.7. The highest BCUT2D eigenvalue weighted by atomic mass is 16.6. The second-order valence-corrected chi connectivity index (χ2v) is 7.88. The third-order valence-electron chi connectivity index (χ3n) is 5.60. The maximum atomic E-state index is 11.9. The molecule has 0 bridgehead atoms. The van der Waals surface area contributed by atoms with E-state index in [0.29, 0.717) is 5.69 Å². The summed E-state index contributed by atoms with van der Waals surface area (Å²) in [4.78, 5) is 18.8. The van der Waals surface area contributed by atoms with Gasteiger partial charge in [-0.3, -0.25) is 10.2 Å². The molecule has 0 saturated carbocycles. The summed E-state index contributed by atoms with van der Waals surface area (Å²) in [5.74, 6) is 1.83. The molecule has 0 aliphatic carbocycles. The van der Waals surface area contributed by atoms with E-state index in [2.05, 4.69) is 25.8 Å². The number of imidazole rings is 1. The molecule has 2 heterocycles. The van der Waals surface area contributed by atoms with Crippen LogP contribution in [0, 0.1) is 6.92 Å². The van der Waals surface area contributed by atoms with Crippen LogP contribution in [0.1, 0.15) is 17.0 Å². The van der Waals surface area contributed by atoms with E-state index in [1.165, 1.54) is 0 Å². The first kappa shape index (κ1) is 22.8. The molecule has 1 aliphatic heterocycles. The lowest BCUT2D eigenvalue weighted by atomic mass is 10.1. The van der Waals surface area contributed by atoms with Crippen molar-refractivity contribution in [3.8, 4) is 5.75 Å². The minimum atomic E-state index is -0.497. The van der Waals surface area contributed by atoms with Crippen LogP contribution in [0.3, 0.4) is 0 Å². The molecule has 0 atom stereocenters. The van der Waals surface area contributed by atoms with Crippen LogP contribution < -0.4 is 10.1 Å². The fourth-order valence-electron chi connectivity index (χ4n) is 3.73. The minimum Gasteiger partial charge on any atom is -0.490 e. The number of morpholine rings is 1. The summed E-state index contributed by atoms with van der Waals surface area (Å²) in [5.41, 5.74) is 2.92. The van der Waals surface area contributed by atoms with E-state index in [1.54, 1.807) is 12.1 Å². The summed E-state index contributed by atoms with van der Waals surface area (Å²) in [6, 6.07) is 15.2. The number of para-hydroxylation sites is 1. The predicted molar refractivity (Wildman–Crippen MR) is 126 cm³/mol. The van der Waals surface area contributed by atoms with Crippen LogP contribution in [0.15, 0.2) is 60.9 Å². The third-order valence-corrected chi connectivity index (χ3v) is 5.60. The smallest absolute Gasteiger partial charge is 0.411 e. The Balaban J connectivity index is 1.28. The summed E-state index contributed by atoms with van der Waals surface area (Å²) in [6.07, 6.45) is 3.37. The number of benzene rings is 2.